The molecule has 0 aliphatic carbocycles. The van der Waals surface area contributed by atoms with Crippen molar-refractivity contribution in [3.63, 3.8) is 0 Å². The van der Waals surface area contributed by atoms with Gasteiger partial charge in [0.05, 0.1) is 17.2 Å². The summed E-state index contributed by atoms with van der Waals surface area (Å²) in [5.74, 6) is 0. The summed E-state index contributed by atoms with van der Waals surface area (Å²) in [5.41, 5.74) is 1.04. The van der Waals surface area contributed by atoms with Gasteiger partial charge < -0.3 is 10.1 Å². The summed E-state index contributed by atoms with van der Waals surface area (Å²) < 4.78 is 6.32. The lowest BCUT2D eigenvalue weighted by Crippen LogP contribution is -2.12. The van der Waals surface area contributed by atoms with Crippen molar-refractivity contribution in [1.29, 1.82) is 0 Å². The van der Waals surface area contributed by atoms with Crippen LogP contribution in [0.4, 0.5) is 0 Å². The molecule has 0 fully saturated rings. The Morgan fingerprint density at radius 2 is 2.33 bits per heavy atom. The number of nitrogens with one attached hydrogen (secondary N) is 1. The van der Waals surface area contributed by atoms with Crippen LogP contribution in [0.1, 0.15) is 17.5 Å². The third-order valence-corrected chi connectivity index (χ3v) is 5.33. The van der Waals surface area contributed by atoms with E-state index in [-0.39, 0.29) is 0 Å². The molecule has 0 aromatic carbocycles. The van der Waals surface area contributed by atoms with Gasteiger partial charge in [0.25, 0.3) is 0 Å². The number of halogens is 1. The Kier molecular flexibility index (Phi) is 5.32. The van der Waals surface area contributed by atoms with E-state index in [0.717, 1.165) is 28.3 Å². The van der Waals surface area contributed by atoms with Crippen molar-refractivity contribution in [2.75, 3.05) is 13.7 Å². The van der Waals surface area contributed by atoms with E-state index >= 15 is 0 Å². The average Bonchev–Trinajstić information content (AvgIpc) is 2.94. The molecular formula is C12H15BrN2OS2. The van der Waals surface area contributed by atoms with Crippen LogP contribution in [0, 0.1) is 0 Å². The van der Waals surface area contributed by atoms with Crippen molar-refractivity contribution in [3.8, 4) is 9.88 Å². The first-order valence-electron chi connectivity index (χ1n) is 5.67. The van der Waals surface area contributed by atoms with Crippen LogP contribution in [0.3, 0.4) is 0 Å². The zero-order valence-corrected chi connectivity index (χ0v) is 13.5. The predicted octanol–water partition coefficient (Wildman–Crippen LogP) is 3.89. The first kappa shape index (κ1) is 14.1. The predicted molar refractivity (Wildman–Crippen MR) is 81.2 cm³/mol. The number of thiophene rings is 1. The topological polar surface area (TPSA) is 34.2 Å². The van der Waals surface area contributed by atoms with Gasteiger partial charge in [-0.25, -0.2) is 4.98 Å². The van der Waals surface area contributed by atoms with Gasteiger partial charge in [-0.05, 0) is 28.5 Å². The maximum atomic E-state index is 5.21. The smallest absolute Gasteiger partial charge is 0.134 e. The minimum Gasteiger partial charge on any atom is -0.378 e. The van der Waals surface area contributed by atoms with Crippen molar-refractivity contribution in [2.24, 2.45) is 0 Å². The molecule has 18 heavy (non-hydrogen) atoms. The number of nitrogens with zero attached hydrogens (tertiary/aromatic N) is 1. The highest BCUT2D eigenvalue weighted by atomic mass is 79.9. The normalized spacial score (nSPS) is 11.1. The van der Waals surface area contributed by atoms with Gasteiger partial charge in [-0.3, -0.25) is 0 Å². The van der Waals surface area contributed by atoms with Crippen molar-refractivity contribution in [1.82, 2.24) is 10.3 Å². The van der Waals surface area contributed by atoms with Crippen LogP contribution in [0.15, 0.2) is 15.9 Å². The fourth-order valence-electron chi connectivity index (χ4n) is 1.54. The highest BCUT2D eigenvalue weighted by Crippen LogP contribution is 2.34. The Balaban J connectivity index is 2.26. The lowest BCUT2D eigenvalue weighted by Gasteiger charge is -2.00. The number of aromatic nitrogens is 1. The SMILES string of the molecule is CCNCc1sc(-c2cc(Br)cs2)nc1COC. The van der Waals surface area contributed by atoms with E-state index in [2.05, 4.69) is 44.6 Å². The van der Waals surface area contributed by atoms with Gasteiger partial charge >= 0.3 is 0 Å². The number of hydrogen-bond donors (Lipinski definition) is 1. The van der Waals surface area contributed by atoms with Crippen molar-refractivity contribution < 1.29 is 4.74 Å². The Bertz CT molecular complexity index is 510. The lowest BCUT2D eigenvalue weighted by atomic mass is 10.3. The number of ether oxygens (including phenoxy) is 1. The summed E-state index contributed by atoms with van der Waals surface area (Å²) in [6, 6.07) is 2.11. The highest BCUT2D eigenvalue weighted by Gasteiger charge is 2.13. The Morgan fingerprint density at radius 3 is 2.94 bits per heavy atom. The van der Waals surface area contributed by atoms with Crippen LogP contribution in [-0.2, 0) is 17.9 Å². The number of rotatable bonds is 6. The fourth-order valence-corrected chi connectivity index (χ4v) is 4.06. The first-order chi connectivity index (χ1) is 8.74. The molecule has 0 aliphatic heterocycles. The summed E-state index contributed by atoms with van der Waals surface area (Å²) in [6.45, 7) is 4.50. The molecule has 0 bridgehead atoms. The molecule has 2 aromatic rings. The second kappa shape index (κ2) is 6.77. The van der Waals surface area contributed by atoms with Crippen LogP contribution < -0.4 is 5.32 Å². The van der Waals surface area contributed by atoms with E-state index < -0.39 is 0 Å². The summed E-state index contributed by atoms with van der Waals surface area (Å²) in [6.07, 6.45) is 0. The second-order valence-corrected chi connectivity index (χ2v) is 6.64. The number of hydrogen-bond acceptors (Lipinski definition) is 5. The molecule has 0 amide bonds. The van der Waals surface area contributed by atoms with Gasteiger partial charge in [0.1, 0.15) is 5.01 Å². The molecule has 0 saturated carbocycles. The van der Waals surface area contributed by atoms with E-state index in [0.29, 0.717) is 6.61 Å². The molecule has 0 saturated heterocycles. The van der Waals surface area contributed by atoms with Gasteiger partial charge in [0, 0.05) is 28.4 Å². The van der Waals surface area contributed by atoms with E-state index in [1.165, 1.54) is 9.75 Å². The quantitative estimate of drug-likeness (QED) is 0.861. The van der Waals surface area contributed by atoms with Gasteiger partial charge in [-0.2, -0.15) is 0 Å². The van der Waals surface area contributed by atoms with E-state index in [9.17, 15) is 0 Å². The molecule has 0 atom stereocenters. The largest absolute Gasteiger partial charge is 0.378 e. The second-order valence-electron chi connectivity index (χ2n) is 3.73. The van der Waals surface area contributed by atoms with Crippen LogP contribution in [-0.4, -0.2) is 18.6 Å². The molecule has 3 nitrogen and oxygen atoms in total. The molecule has 0 radical (unpaired) electrons. The summed E-state index contributed by atoms with van der Waals surface area (Å²) >= 11 is 6.93. The fraction of sp³-hybridized carbons (Fsp3) is 0.417. The van der Waals surface area contributed by atoms with Crippen molar-refractivity contribution in [2.45, 2.75) is 20.1 Å². The van der Waals surface area contributed by atoms with Gasteiger partial charge in [0.2, 0.25) is 0 Å². The summed E-state index contributed by atoms with van der Waals surface area (Å²) in [5, 5.41) is 6.50. The monoisotopic (exact) mass is 346 g/mol. The van der Waals surface area contributed by atoms with Gasteiger partial charge in [-0.1, -0.05) is 6.92 Å². The molecular weight excluding hydrogens is 332 g/mol. The van der Waals surface area contributed by atoms with Crippen molar-refractivity contribution >= 4 is 38.6 Å². The standard InChI is InChI=1S/C12H15BrN2OS2/c1-3-14-5-11-9(6-16-2)15-12(18-11)10-4-8(13)7-17-10/h4,7,14H,3,5-6H2,1-2H3. The van der Waals surface area contributed by atoms with E-state index in [1.807, 2.05) is 0 Å². The van der Waals surface area contributed by atoms with Crippen LogP contribution in [0.25, 0.3) is 9.88 Å². The Hall–Kier alpha value is -0.270. The van der Waals surface area contributed by atoms with Crippen LogP contribution in [0.2, 0.25) is 0 Å². The van der Waals surface area contributed by atoms with E-state index in [1.54, 1.807) is 29.8 Å². The Morgan fingerprint density at radius 1 is 1.50 bits per heavy atom. The van der Waals surface area contributed by atoms with Gasteiger partial charge in [0.15, 0.2) is 0 Å². The van der Waals surface area contributed by atoms with Gasteiger partial charge in [-0.15, -0.1) is 22.7 Å². The van der Waals surface area contributed by atoms with E-state index in [4.69, 9.17) is 4.74 Å². The zero-order valence-electron chi connectivity index (χ0n) is 10.3. The molecule has 2 aromatic heterocycles. The maximum absolute atomic E-state index is 5.21. The lowest BCUT2D eigenvalue weighted by molar-refractivity contribution is 0.181. The molecule has 2 heterocycles. The summed E-state index contributed by atoms with van der Waals surface area (Å²) in [7, 11) is 1.71. The van der Waals surface area contributed by atoms with Crippen LogP contribution >= 0.6 is 38.6 Å². The number of methoxy groups -OCH3 is 1. The van der Waals surface area contributed by atoms with Crippen LogP contribution in [0.5, 0.6) is 0 Å². The first-order valence-corrected chi connectivity index (χ1v) is 8.16. The van der Waals surface area contributed by atoms with Crippen molar-refractivity contribution in [3.05, 3.63) is 26.5 Å². The molecule has 2 rings (SSSR count). The molecule has 1 N–H and O–H groups in total. The molecule has 98 valence electrons. The maximum Gasteiger partial charge on any atom is 0.134 e. The zero-order chi connectivity index (χ0) is 13.0. The molecule has 0 unspecified atom stereocenters. The Labute approximate surface area is 123 Å². The molecule has 6 heteroatoms. The third-order valence-electron chi connectivity index (χ3n) is 2.37. The average molecular weight is 347 g/mol. The minimum absolute atomic E-state index is 0.573. The minimum atomic E-state index is 0.573. The third kappa shape index (κ3) is 3.39. The molecule has 0 aliphatic rings. The summed E-state index contributed by atoms with van der Waals surface area (Å²) in [4.78, 5) is 7.14. The number of thiazole rings is 1. The molecule has 0 spiro atoms. The highest BCUT2D eigenvalue weighted by molar-refractivity contribution is 9.10.